The highest BCUT2D eigenvalue weighted by Gasteiger charge is 2.49. The zero-order chi connectivity index (χ0) is 27.4. The Morgan fingerprint density at radius 1 is 1.26 bits per heavy atom. The van der Waals surface area contributed by atoms with Gasteiger partial charge in [-0.2, -0.15) is 0 Å². The third-order valence-corrected chi connectivity index (χ3v) is 12.2. The van der Waals surface area contributed by atoms with Crippen LogP contribution in [0, 0.1) is 18.7 Å². The molecule has 9 nitrogen and oxygen atoms in total. The zero-order valence-electron chi connectivity index (χ0n) is 21.6. The second-order valence-electron chi connectivity index (χ2n) is 11.2. The van der Waals surface area contributed by atoms with E-state index in [9.17, 15) is 24.3 Å². The van der Waals surface area contributed by atoms with Gasteiger partial charge < -0.3 is 24.5 Å². The molecule has 4 heterocycles. The van der Waals surface area contributed by atoms with E-state index in [1.807, 2.05) is 0 Å². The van der Waals surface area contributed by atoms with Crippen molar-refractivity contribution in [1.29, 1.82) is 0 Å². The second kappa shape index (κ2) is 8.29. The number of carbonyl (C=O) groups excluding carboxylic acids is 2. The average Bonchev–Trinajstić information content (AvgIpc) is 3.71. The van der Waals surface area contributed by atoms with E-state index in [0.29, 0.717) is 40.5 Å². The molecule has 0 bridgehead atoms. The van der Waals surface area contributed by atoms with Crippen LogP contribution in [0.1, 0.15) is 60.0 Å². The minimum absolute atomic E-state index is 0.0269. The van der Waals surface area contributed by atoms with Crippen LogP contribution in [0.3, 0.4) is 0 Å². The highest BCUT2D eigenvalue weighted by Crippen LogP contribution is 2.45. The number of rotatable bonds is 4. The number of aryl methyl sites for hydroxylation is 1. The van der Waals surface area contributed by atoms with Crippen LogP contribution in [0.5, 0.6) is 0 Å². The number of cyclic esters (lactones) is 1. The van der Waals surface area contributed by atoms with Gasteiger partial charge in [0.2, 0.25) is 5.91 Å². The number of pyridine rings is 2. The van der Waals surface area contributed by atoms with Crippen molar-refractivity contribution in [2.45, 2.75) is 70.9 Å². The van der Waals surface area contributed by atoms with Crippen LogP contribution in [0.2, 0.25) is 6.04 Å². The van der Waals surface area contributed by atoms with Crippen LogP contribution in [0.25, 0.3) is 22.3 Å². The molecule has 3 atom stereocenters. The summed E-state index contributed by atoms with van der Waals surface area (Å²) in [7, 11) is -3.72. The van der Waals surface area contributed by atoms with Gasteiger partial charge in [0, 0.05) is 17.0 Å². The van der Waals surface area contributed by atoms with Crippen molar-refractivity contribution in [3.63, 3.8) is 0 Å². The van der Waals surface area contributed by atoms with Gasteiger partial charge in [-0.1, -0.05) is 6.92 Å². The van der Waals surface area contributed by atoms with Crippen LogP contribution in [-0.2, 0) is 29.1 Å². The summed E-state index contributed by atoms with van der Waals surface area (Å²) in [6, 6.07) is 2.78. The maximum absolute atomic E-state index is 15.0. The molecular weight excluding hydrogens is 521 g/mol. The van der Waals surface area contributed by atoms with Crippen molar-refractivity contribution in [3.05, 3.63) is 56.1 Å². The predicted octanol–water partition coefficient (Wildman–Crippen LogP) is 2.14. The fourth-order valence-corrected chi connectivity index (χ4v) is 8.84. The normalized spacial score (nSPS) is 23.6. The molecule has 0 saturated heterocycles. The summed E-state index contributed by atoms with van der Waals surface area (Å²) < 4.78 is 21.8. The van der Waals surface area contributed by atoms with Crippen LogP contribution >= 0.6 is 0 Å². The van der Waals surface area contributed by atoms with Gasteiger partial charge in [0.1, 0.15) is 18.5 Å². The topological polar surface area (TPSA) is 131 Å². The van der Waals surface area contributed by atoms with Crippen molar-refractivity contribution in [3.8, 4) is 11.4 Å². The maximum atomic E-state index is 15.0. The lowest BCUT2D eigenvalue weighted by Gasteiger charge is -2.30. The smallest absolute Gasteiger partial charge is 0.347 e. The summed E-state index contributed by atoms with van der Waals surface area (Å²) in [6.07, 6.45) is 1.61. The molecule has 2 aliphatic carbocycles. The molecule has 11 heteroatoms. The van der Waals surface area contributed by atoms with Gasteiger partial charge in [0.05, 0.1) is 35.1 Å². The number of benzene rings is 1. The van der Waals surface area contributed by atoms with Crippen LogP contribution in [-0.4, -0.2) is 45.4 Å². The van der Waals surface area contributed by atoms with E-state index >= 15 is 4.39 Å². The van der Waals surface area contributed by atoms with Gasteiger partial charge in [-0.25, -0.2) is 9.37 Å². The molecule has 1 saturated carbocycles. The van der Waals surface area contributed by atoms with E-state index < -0.39 is 32.0 Å². The average molecular weight is 550 g/mol. The van der Waals surface area contributed by atoms with Crippen molar-refractivity contribution >= 4 is 35.9 Å². The van der Waals surface area contributed by atoms with Crippen LogP contribution in [0.4, 0.5) is 9.18 Å². The lowest BCUT2D eigenvalue weighted by molar-refractivity contribution is -0.131. The van der Waals surface area contributed by atoms with E-state index in [0.717, 1.165) is 34.9 Å². The number of halogens is 1. The van der Waals surface area contributed by atoms with Gasteiger partial charge >= 0.3 is 13.9 Å². The monoisotopic (exact) mass is 549 g/mol. The number of hydrogen-bond acceptors (Lipinski definition) is 7. The van der Waals surface area contributed by atoms with Gasteiger partial charge in [-0.3, -0.25) is 14.4 Å². The van der Waals surface area contributed by atoms with Crippen molar-refractivity contribution < 1.29 is 28.6 Å². The van der Waals surface area contributed by atoms with Crippen molar-refractivity contribution in [1.82, 2.24) is 14.9 Å². The molecule has 3 aromatic rings. The molecule has 0 radical (unpaired) electrons. The number of aliphatic hydroxyl groups excluding tert-OH is 1. The fraction of sp³-hybridized carbons (Fsp3) is 0.429. The Morgan fingerprint density at radius 3 is 2.74 bits per heavy atom. The fourth-order valence-electron chi connectivity index (χ4n) is 6.58. The maximum Gasteiger partial charge on any atom is 0.347 e. The molecule has 1 amide bonds. The van der Waals surface area contributed by atoms with Gasteiger partial charge in [0.25, 0.3) is 5.56 Å². The molecule has 1 fully saturated rings. The second-order valence-corrected chi connectivity index (χ2v) is 14.6. The molecule has 2 aromatic heterocycles. The first-order valence-corrected chi connectivity index (χ1v) is 15.6. The summed E-state index contributed by atoms with van der Waals surface area (Å²) in [6.45, 7) is 3.42. The molecule has 39 heavy (non-hydrogen) atoms. The summed E-state index contributed by atoms with van der Waals surface area (Å²) in [5, 5.41) is 14.6. The van der Waals surface area contributed by atoms with Gasteiger partial charge in [0.15, 0.2) is 0 Å². The third kappa shape index (κ3) is 3.36. The largest absolute Gasteiger partial charge is 0.463 e. The van der Waals surface area contributed by atoms with E-state index in [2.05, 4.69) is 5.32 Å². The van der Waals surface area contributed by atoms with E-state index in [-0.39, 0.29) is 42.1 Å². The van der Waals surface area contributed by atoms with Gasteiger partial charge in [-0.05, 0) is 72.5 Å². The molecular formula is C28H28FN3O6Si. The van der Waals surface area contributed by atoms with Crippen LogP contribution in [0.15, 0.2) is 16.9 Å². The SMILES string of the molecule is CC[Si@@]1(O)C(=O)OCc2c1cc1n(c2=O)Cc2c-1nc1cc(F)c(C)c3c1c2[C@@H](NC(=O)[C@H](O)C1CC1)CC3. The minimum atomic E-state index is -3.72. The summed E-state index contributed by atoms with van der Waals surface area (Å²) in [5.41, 5.74) is 3.50. The Morgan fingerprint density at radius 2 is 2.03 bits per heavy atom. The number of ether oxygens (including phenoxy) is 1. The summed E-state index contributed by atoms with van der Waals surface area (Å²) in [4.78, 5) is 55.4. The Kier molecular flexibility index (Phi) is 5.23. The first-order valence-electron chi connectivity index (χ1n) is 13.4. The number of amides is 1. The molecule has 4 aliphatic rings. The predicted molar refractivity (Wildman–Crippen MR) is 141 cm³/mol. The molecule has 7 rings (SSSR count). The molecule has 0 spiro atoms. The Balaban J connectivity index is 1.46. The first-order chi connectivity index (χ1) is 18.6. The van der Waals surface area contributed by atoms with Crippen LogP contribution < -0.4 is 16.1 Å². The summed E-state index contributed by atoms with van der Waals surface area (Å²) >= 11 is 0. The van der Waals surface area contributed by atoms with Gasteiger partial charge in [-0.15, -0.1) is 0 Å². The van der Waals surface area contributed by atoms with E-state index in [1.54, 1.807) is 24.5 Å². The number of aromatic nitrogens is 2. The van der Waals surface area contributed by atoms with Crippen molar-refractivity contribution in [2.75, 3.05) is 0 Å². The minimum Gasteiger partial charge on any atom is -0.463 e. The van der Waals surface area contributed by atoms with Crippen molar-refractivity contribution in [2.24, 2.45) is 5.92 Å². The molecule has 2 aliphatic heterocycles. The Hall–Kier alpha value is -3.41. The Bertz CT molecular complexity index is 1700. The number of carbonyl (C=O) groups is 2. The molecule has 1 aromatic carbocycles. The zero-order valence-corrected chi connectivity index (χ0v) is 22.6. The molecule has 202 valence electrons. The Labute approximate surface area is 223 Å². The number of hydrogen-bond donors (Lipinski definition) is 3. The van der Waals surface area contributed by atoms with E-state index in [1.165, 1.54) is 6.07 Å². The van der Waals surface area contributed by atoms with E-state index in [4.69, 9.17) is 9.72 Å². The third-order valence-electron chi connectivity index (χ3n) is 9.03. The lowest BCUT2D eigenvalue weighted by Crippen LogP contribution is -2.61. The standard InChI is InChI=1S/C28H28FN3O6Si/c1-3-39(37)21-9-20-24-15(10-32(20)27(35)16(21)11-38-28(39)36)23-18(31-26(34)25(33)13-4-5-13)7-6-14-12(2)17(29)8-19(30-24)22(14)23/h8-9,13,18,25,33,37H,3-7,10-11H2,1-2H3,(H,31,34)/t18-,25+,39-/m0/s1. The quantitative estimate of drug-likeness (QED) is 0.333. The summed E-state index contributed by atoms with van der Waals surface area (Å²) in [5.74, 6) is -0.832. The lowest BCUT2D eigenvalue weighted by atomic mass is 9.81. The number of nitrogens with one attached hydrogen (secondary N) is 1. The molecule has 3 N–H and O–H groups in total. The number of fused-ring (bicyclic) bond motifs is 5. The highest BCUT2D eigenvalue weighted by atomic mass is 28.4. The first kappa shape index (κ1) is 24.6. The number of nitrogens with zero attached hydrogens (tertiary/aromatic N) is 2. The highest BCUT2D eigenvalue weighted by molar-refractivity contribution is 7.09. The number of aliphatic hydroxyl groups is 1. The molecule has 0 unspecified atom stereocenters.